The second-order valence-electron chi connectivity index (χ2n) is 8.26. The molecule has 0 unspecified atom stereocenters. The molecule has 0 aliphatic carbocycles. The number of aromatic nitrogens is 1. The van der Waals surface area contributed by atoms with Gasteiger partial charge < -0.3 is 14.6 Å². The van der Waals surface area contributed by atoms with Crippen LogP contribution in [0.4, 0.5) is 17.6 Å². The summed E-state index contributed by atoms with van der Waals surface area (Å²) >= 11 is 0. The lowest BCUT2D eigenvalue weighted by Crippen LogP contribution is -2.05. The SMILES string of the molecule is Cc1cc(Oc2cc(F)cc(Oc3ccc(C(F)(F)F)cc3-c3cccnc3)c2)ccc1CCC(=O)O. The van der Waals surface area contributed by atoms with Crippen LogP contribution in [-0.4, -0.2) is 16.1 Å². The number of nitrogens with zero attached hydrogens (tertiary/aromatic N) is 1. The fraction of sp³-hybridized carbons (Fsp3) is 0.143. The van der Waals surface area contributed by atoms with Gasteiger partial charge in [0, 0.05) is 48.1 Å². The van der Waals surface area contributed by atoms with E-state index in [4.69, 9.17) is 14.6 Å². The monoisotopic (exact) mass is 511 g/mol. The lowest BCUT2D eigenvalue weighted by molar-refractivity contribution is -0.138. The molecule has 3 aromatic carbocycles. The Balaban J connectivity index is 1.61. The van der Waals surface area contributed by atoms with Gasteiger partial charge in [0.05, 0.1) is 5.56 Å². The third-order valence-corrected chi connectivity index (χ3v) is 5.51. The van der Waals surface area contributed by atoms with Crippen molar-refractivity contribution in [1.29, 1.82) is 0 Å². The number of benzene rings is 3. The van der Waals surface area contributed by atoms with Crippen molar-refractivity contribution >= 4 is 5.97 Å². The third-order valence-electron chi connectivity index (χ3n) is 5.51. The molecular formula is C28H21F4NO4. The average molecular weight is 511 g/mol. The lowest BCUT2D eigenvalue weighted by atomic mass is 10.0. The van der Waals surface area contributed by atoms with Crippen molar-refractivity contribution < 1.29 is 36.9 Å². The maximum atomic E-state index is 14.4. The highest BCUT2D eigenvalue weighted by Crippen LogP contribution is 2.39. The topological polar surface area (TPSA) is 68.7 Å². The van der Waals surface area contributed by atoms with Gasteiger partial charge in [-0.15, -0.1) is 0 Å². The van der Waals surface area contributed by atoms with Gasteiger partial charge in [0.1, 0.15) is 28.8 Å². The van der Waals surface area contributed by atoms with Crippen LogP contribution in [0, 0.1) is 12.7 Å². The Morgan fingerprint density at radius 2 is 1.70 bits per heavy atom. The Morgan fingerprint density at radius 3 is 2.35 bits per heavy atom. The molecule has 190 valence electrons. The third kappa shape index (κ3) is 6.63. The number of carboxylic acid groups (broad SMARTS) is 1. The molecule has 0 atom stereocenters. The van der Waals surface area contributed by atoms with E-state index in [2.05, 4.69) is 4.98 Å². The number of hydrogen-bond acceptors (Lipinski definition) is 4. The van der Waals surface area contributed by atoms with Gasteiger partial charge in [-0.2, -0.15) is 13.2 Å². The van der Waals surface area contributed by atoms with Gasteiger partial charge in [0.15, 0.2) is 0 Å². The Bertz CT molecular complexity index is 1420. The fourth-order valence-electron chi connectivity index (χ4n) is 3.71. The van der Waals surface area contributed by atoms with Gasteiger partial charge in [-0.25, -0.2) is 4.39 Å². The van der Waals surface area contributed by atoms with E-state index in [0.717, 1.165) is 35.4 Å². The molecule has 4 rings (SSSR count). The van der Waals surface area contributed by atoms with Crippen LogP contribution in [0.5, 0.6) is 23.0 Å². The summed E-state index contributed by atoms with van der Waals surface area (Å²) in [4.78, 5) is 14.8. The summed E-state index contributed by atoms with van der Waals surface area (Å²) in [6, 6.07) is 15.0. The highest BCUT2D eigenvalue weighted by atomic mass is 19.4. The van der Waals surface area contributed by atoms with E-state index in [-0.39, 0.29) is 29.2 Å². The van der Waals surface area contributed by atoms with Crippen molar-refractivity contribution in [2.45, 2.75) is 25.9 Å². The number of carboxylic acids is 1. The zero-order chi connectivity index (χ0) is 26.6. The molecule has 0 radical (unpaired) electrons. The van der Waals surface area contributed by atoms with Gasteiger partial charge in [0.25, 0.3) is 0 Å². The maximum absolute atomic E-state index is 14.4. The maximum Gasteiger partial charge on any atom is 0.416 e. The lowest BCUT2D eigenvalue weighted by Gasteiger charge is -2.15. The number of halogens is 4. The normalized spacial score (nSPS) is 11.3. The summed E-state index contributed by atoms with van der Waals surface area (Å²) in [6.45, 7) is 1.81. The molecule has 0 aliphatic heterocycles. The predicted octanol–water partition coefficient (Wildman–Crippen LogP) is 7.82. The number of aryl methyl sites for hydroxylation is 2. The number of alkyl halides is 3. The molecule has 5 nitrogen and oxygen atoms in total. The minimum Gasteiger partial charge on any atom is -0.481 e. The van der Waals surface area contributed by atoms with Crippen molar-refractivity contribution in [2.24, 2.45) is 0 Å². The molecular weight excluding hydrogens is 490 g/mol. The number of rotatable bonds is 8. The van der Waals surface area contributed by atoms with E-state index in [1.165, 1.54) is 24.5 Å². The summed E-state index contributed by atoms with van der Waals surface area (Å²) in [5.41, 5.74) is 1.35. The van der Waals surface area contributed by atoms with Gasteiger partial charge in [0.2, 0.25) is 0 Å². The molecule has 0 spiro atoms. The van der Waals surface area contributed by atoms with E-state index >= 15 is 0 Å². The Labute approximate surface area is 209 Å². The van der Waals surface area contributed by atoms with Gasteiger partial charge in [-0.1, -0.05) is 12.1 Å². The molecule has 37 heavy (non-hydrogen) atoms. The summed E-state index contributed by atoms with van der Waals surface area (Å²) in [7, 11) is 0. The average Bonchev–Trinajstić information content (AvgIpc) is 2.83. The van der Waals surface area contributed by atoms with Crippen LogP contribution in [0.2, 0.25) is 0 Å². The Kier molecular flexibility index (Phi) is 7.42. The summed E-state index contributed by atoms with van der Waals surface area (Å²) < 4.78 is 66.0. The van der Waals surface area contributed by atoms with Crippen LogP contribution in [0.1, 0.15) is 23.1 Å². The largest absolute Gasteiger partial charge is 0.481 e. The van der Waals surface area contributed by atoms with Crippen molar-refractivity contribution in [2.75, 3.05) is 0 Å². The van der Waals surface area contributed by atoms with Gasteiger partial charge in [-0.05, 0) is 60.9 Å². The molecule has 0 aliphatic rings. The number of aliphatic carboxylic acids is 1. The summed E-state index contributed by atoms with van der Waals surface area (Å²) in [5.74, 6) is -0.948. The molecule has 0 amide bonds. The second-order valence-corrected chi connectivity index (χ2v) is 8.26. The van der Waals surface area contributed by atoms with E-state index in [9.17, 15) is 22.4 Å². The Morgan fingerprint density at radius 1 is 0.946 bits per heavy atom. The molecule has 1 heterocycles. The number of pyridine rings is 1. The summed E-state index contributed by atoms with van der Waals surface area (Å²) in [6.07, 6.45) is -1.29. The minimum absolute atomic E-state index is 0.00335. The number of ether oxygens (including phenoxy) is 2. The molecule has 0 saturated carbocycles. The zero-order valence-electron chi connectivity index (χ0n) is 19.6. The molecule has 0 bridgehead atoms. The van der Waals surface area contributed by atoms with E-state index in [1.807, 2.05) is 6.92 Å². The van der Waals surface area contributed by atoms with Crippen LogP contribution in [0.15, 0.2) is 79.1 Å². The highest BCUT2D eigenvalue weighted by molar-refractivity contribution is 5.71. The van der Waals surface area contributed by atoms with Gasteiger partial charge in [-0.3, -0.25) is 9.78 Å². The molecule has 0 saturated heterocycles. The molecule has 9 heteroatoms. The van der Waals surface area contributed by atoms with Crippen LogP contribution in [0.3, 0.4) is 0 Å². The van der Waals surface area contributed by atoms with Crippen LogP contribution in [0.25, 0.3) is 11.1 Å². The van der Waals surface area contributed by atoms with Crippen molar-refractivity contribution in [3.8, 4) is 34.1 Å². The standard InChI is InChI=1S/C28H21F4NO4/c1-17-11-22(7-4-18(17)5-9-27(34)35)36-23-13-21(29)14-24(15-23)37-26-8-6-20(28(30,31)32)12-25(26)19-3-2-10-33-16-19/h2-4,6-8,10-16H,5,9H2,1H3,(H,34,35). The van der Waals surface area contributed by atoms with Crippen LogP contribution in [-0.2, 0) is 17.4 Å². The first-order valence-corrected chi connectivity index (χ1v) is 11.2. The fourth-order valence-corrected chi connectivity index (χ4v) is 3.71. The highest BCUT2D eigenvalue weighted by Gasteiger charge is 2.31. The number of carbonyl (C=O) groups is 1. The molecule has 0 fully saturated rings. The quantitative estimate of drug-likeness (QED) is 0.244. The zero-order valence-corrected chi connectivity index (χ0v) is 19.6. The second kappa shape index (κ2) is 10.7. The molecule has 4 aromatic rings. The number of hydrogen-bond donors (Lipinski definition) is 1. The van der Waals surface area contributed by atoms with E-state index < -0.39 is 23.5 Å². The smallest absolute Gasteiger partial charge is 0.416 e. The van der Waals surface area contributed by atoms with Crippen molar-refractivity contribution in [3.63, 3.8) is 0 Å². The molecule has 1 N–H and O–H groups in total. The van der Waals surface area contributed by atoms with Crippen LogP contribution >= 0.6 is 0 Å². The first-order valence-electron chi connectivity index (χ1n) is 11.2. The Hall–Kier alpha value is -4.40. The van der Waals surface area contributed by atoms with E-state index in [1.54, 1.807) is 30.3 Å². The predicted molar refractivity (Wildman–Crippen MR) is 128 cm³/mol. The summed E-state index contributed by atoms with van der Waals surface area (Å²) in [5, 5.41) is 8.88. The van der Waals surface area contributed by atoms with Crippen molar-refractivity contribution in [1.82, 2.24) is 4.98 Å². The van der Waals surface area contributed by atoms with Crippen LogP contribution < -0.4 is 9.47 Å². The van der Waals surface area contributed by atoms with E-state index in [0.29, 0.717) is 17.7 Å². The van der Waals surface area contributed by atoms with Crippen molar-refractivity contribution in [3.05, 3.63) is 102 Å². The first kappa shape index (κ1) is 25.7. The first-order chi connectivity index (χ1) is 17.6. The minimum atomic E-state index is -4.56. The van der Waals surface area contributed by atoms with Gasteiger partial charge >= 0.3 is 12.1 Å². The molecule has 1 aromatic heterocycles.